The summed E-state index contributed by atoms with van der Waals surface area (Å²) < 4.78 is 5.38. The van der Waals surface area contributed by atoms with E-state index in [2.05, 4.69) is 20.3 Å². The molecule has 2 heterocycles. The van der Waals surface area contributed by atoms with Crippen molar-refractivity contribution in [2.24, 2.45) is 0 Å². The molecule has 4 aromatic rings. The van der Waals surface area contributed by atoms with Crippen molar-refractivity contribution in [2.75, 3.05) is 19.0 Å². The zero-order chi connectivity index (χ0) is 22.5. The number of ether oxygens (including phenoxy) is 1. The highest BCUT2D eigenvalue weighted by molar-refractivity contribution is 5.99. The van der Waals surface area contributed by atoms with E-state index in [1.807, 2.05) is 37.3 Å². The molecule has 8 nitrogen and oxygen atoms in total. The Morgan fingerprint density at radius 2 is 1.88 bits per heavy atom. The fourth-order valence-electron chi connectivity index (χ4n) is 3.44. The molecule has 1 amide bonds. The zero-order valence-corrected chi connectivity index (χ0v) is 17.8. The number of aromatic amines is 1. The minimum atomic E-state index is -0.228. The summed E-state index contributed by atoms with van der Waals surface area (Å²) in [4.78, 5) is 39.1. The lowest BCUT2D eigenvalue weighted by Crippen LogP contribution is -2.32. The minimum Gasteiger partial charge on any atom is -0.495 e. The minimum absolute atomic E-state index is 0.165. The second-order valence-electron chi connectivity index (χ2n) is 7.07. The van der Waals surface area contributed by atoms with E-state index in [1.165, 1.54) is 0 Å². The maximum absolute atomic E-state index is 13.4. The summed E-state index contributed by atoms with van der Waals surface area (Å²) in [5.74, 6) is 1.25. The summed E-state index contributed by atoms with van der Waals surface area (Å²) in [6.45, 7) is 2.47. The van der Waals surface area contributed by atoms with Crippen LogP contribution in [0.1, 0.15) is 23.1 Å². The van der Waals surface area contributed by atoms with E-state index in [4.69, 9.17) is 4.74 Å². The van der Waals surface area contributed by atoms with Gasteiger partial charge in [-0.05, 0) is 43.3 Å². The molecular formula is C24H23N5O3. The number of anilines is 2. The van der Waals surface area contributed by atoms with Crippen LogP contribution in [-0.2, 0) is 6.54 Å². The zero-order valence-electron chi connectivity index (χ0n) is 17.8. The molecule has 0 aliphatic heterocycles. The normalized spacial score (nSPS) is 10.7. The van der Waals surface area contributed by atoms with Crippen LogP contribution in [0.5, 0.6) is 5.75 Å². The third-order valence-electron chi connectivity index (χ3n) is 5.07. The molecular weight excluding hydrogens is 406 g/mol. The number of fused-ring (bicyclic) bond motifs is 1. The van der Waals surface area contributed by atoms with Crippen molar-refractivity contribution < 1.29 is 9.53 Å². The van der Waals surface area contributed by atoms with E-state index in [1.54, 1.807) is 48.5 Å². The Kier molecular flexibility index (Phi) is 6.12. The first-order valence-electron chi connectivity index (χ1n) is 10.2. The van der Waals surface area contributed by atoms with E-state index < -0.39 is 0 Å². The number of methoxy groups -OCH3 is 1. The molecule has 8 heteroatoms. The fraction of sp³-hybridized carbons (Fsp3) is 0.167. The number of para-hydroxylation sites is 3. The topological polar surface area (TPSA) is 100 Å². The number of hydrogen-bond donors (Lipinski definition) is 2. The first-order valence-corrected chi connectivity index (χ1v) is 10.2. The van der Waals surface area contributed by atoms with Crippen molar-refractivity contribution in [3.05, 3.63) is 88.6 Å². The van der Waals surface area contributed by atoms with Crippen LogP contribution in [0.25, 0.3) is 10.9 Å². The van der Waals surface area contributed by atoms with Gasteiger partial charge < -0.3 is 19.9 Å². The Morgan fingerprint density at radius 1 is 1.09 bits per heavy atom. The summed E-state index contributed by atoms with van der Waals surface area (Å²) in [6.07, 6.45) is 1.62. The Balaban J connectivity index is 1.63. The molecule has 0 saturated heterocycles. The van der Waals surface area contributed by atoms with Crippen LogP contribution in [0.3, 0.4) is 0 Å². The van der Waals surface area contributed by atoms with Crippen molar-refractivity contribution in [1.82, 2.24) is 19.9 Å². The first-order chi connectivity index (χ1) is 15.6. The highest BCUT2D eigenvalue weighted by atomic mass is 16.5. The van der Waals surface area contributed by atoms with Gasteiger partial charge in [0, 0.05) is 12.7 Å². The van der Waals surface area contributed by atoms with E-state index in [0.29, 0.717) is 46.1 Å². The van der Waals surface area contributed by atoms with Crippen LogP contribution in [0.4, 0.5) is 11.5 Å². The first kappa shape index (κ1) is 21.0. The number of benzene rings is 2. The van der Waals surface area contributed by atoms with Crippen molar-refractivity contribution in [3.63, 3.8) is 0 Å². The number of carbonyl (C=O) groups is 1. The van der Waals surface area contributed by atoms with Crippen molar-refractivity contribution >= 4 is 28.3 Å². The van der Waals surface area contributed by atoms with Gasteiger partial charge in [-0.1, -0.05) is 24.3 Å². The molecule has 2 N–H and O–H groups in total. The summed E-state index contributed by atoms with van der Waals surface area (Å²) in [5, 5.41) is 3.71. The number of nitrogens with one attached hydrogen (secondary N) is 2. The number of nitrogens with zero attached hydrogens (tertiary/aromatic N) is 3. The van der Waals surface area contributed by atoms with Gasteiger partial charge in [0.15, 0.2) is 0 Å². The third-order valence-corrected chi connectivity index (χ3v) is 5.07. The fourth-order valence-corrected chi connectivity index (χ4v) is 3.44. The maximum Gasteiger partial charge on any atom is 0.258 e. The Bertz CT molecular complexity index is 1320. The van der Waals surface area contributed by atoms with Crippen molar-refractivity contribution in [2.45, 2.75) is 13.5 Å². The van der Waals surface area contributed by atoms with Gasteiger partial charge in [-0.3, -0.25) is 9.59 Å². The highest BCUT2D eigenvalue weighted by Gasteiger charge is 2.20. The van der Waals surface area contributed by atoms with E-state index in [9.17, 15) is 9.59 Å². The largest absolute Gasteiger partial charge is 0.495 e. The van der Waals surface area contributed by atoms with Crippen LogP contribution in [0.2, 0.25) is 0 Å². The smallest absolute Gasteiger partial charge is 0.258 e. The summed E-state index contributed by atoms with van der Waals surface area (Å²) in [7, 11) is 1.58. The molecule has 0 atom stereocenters. The Hall–Kier alpha value is -4.20. The Morgan fingerprint density at radius 3 is 2.69 bits per heavy atom. The molecule has 32 heavy (non-hydrogen) atoms. The van der Waals surface area contributed by atoms with Gasteiger partial charge in [-0.25, -0.2) is 9.97 Å². The van der Waals surface area contributed by atoms with Crippen LogP contribution < -0.4 is 15.6 Å². The number of aromatic nitrogens is 3. The molecule has 0 unspecified atom stereocenters. The second kappa shape index (κ2) is 9.30. The molecule has 2 aromatic carbocycles. The lowest BCUT2D eigenvalue weighted by atomic mass is 10.2. The van der Waals surface area contributed by atoms with Gasteiger partial charge in [0.25, 0.3) is 11.5 Å². The number of H-pyrrole nitrogens is 1. The quantitative estimate of drug-likeness (QED) is 0.464. The molecule has 0 fully saturated rings. The van der Waals surface area contributed by atoms with E-state index >= 15 is 0 Å². The maximum atomic E-state index is 13.4. The number of carbonyl (C=O) groups excluding carboxylic acids is 1. The predicted octanol–water partition coefficient (Wildman–Crippen LogP) is 3.73. The molecule has 4 rings (SSSR count). The van der Waals surface area contributed by atoms with Crippen LogP contribution in [0, 0.1) is 0 Å². The van der Waals surface area contributed by atoms with E-state index in [0.717, 1.165) is 0 Å². The molecule has 0 radical (unpaired) electrons. The lowest BCUT2D eigenvalue weighted by molar-refractivity contribution is 0.0749. The van der Waals surface area contributed by atoms with E-state index in [-0.39, 0.29) is 18.0 Å². The molecule has 0 aliphatic rings. The number of amides is 1. The highest BCUT2D eigenvalue weighted by Crippen LogP contribution is 2.28. The van der Waals surface area contributed by atoms with Crippen molar-refractivity contribution in [3.8, 4) is 5.75 Å². The monoisotopic (exact) mass is 429 g/mol. The van der Waals surface area contributed by atoms with Gasteiger partial charge in [-0.15, -0.1) is 0 Å². The summed E-state index contributed by atoms with van der Waals surface area (Å²) >= 11 is 0. The lowest BCUT2D eigenvalue weighted by Gasteiger charge is -2.22. The summed E-state index contributed by atoms with van der Waals surface area (Å²) in [6, 6.07) is 18.0. The van der Waals surface area contributed by atoms with Crippen LogP contribution >= 0.6 is 0 Å². The number of pyridine rings is 1. The van der Waals surface area contributed by atoms with Crippen LogP contribution in [0.15, 0.2) is 71.7 Å². The van der Waals surface area contributed by atoms with Crippen LogP contribution in [-0.4, -0.2) is 39.4 Å². The van der Waals surface area contributed by atoms with Gasteiger partial charge in [0.05, 0.1) is 35.8 Å². The molecule has 0 spiro atoms. The molecule has 2 aromatic heterocycles. The SMILES string of the molecule is CCN(Cc1nc2ccccc2c(=O)[nH]1)C(=O)c1cccnc1Nc1ccccc1OC. The molecule has 0 bridgehead atoms. The average molecular weight is 429 g/mol. The van der Waals surface area contributed by atoms with Crippen molar-refractivity contribution in [1.29, 1.82) is 0 Å². The number of hydrogen-bond acceptors (Lipinski definition) is 6. The number of rotatable bonds is 7. The van der Waals surface area contributed by atoms with Gasteiger partial charge in [0.1, 0.15) is 17.4 Å². The molecule has 0 saturated carbocycles. The second-order valence-corrected chi connectivity index (χ2v) is 7.07. The van der Waals surface area contributed by atoms with Gasteiger partial charge >= 0.3 is 0 Å². The molecule has 162 valence electrons. The predicted molar refractivity (Wildman–Crippen MR) is 123 cm³/mol. The van der Waals surface area contributed by atoms with Gasteiger partial charge in [0.2, 0.25) is 0 Å². The third kappa shape index (κ3) is 4.29. The Labute approximate surface area is 184 Å². The average Bonchev–Trinajstić information content (AvgIpc) is 2.83. The summed E-state index contributed by atoms with van der Waals surface area (Å²) in [5.41, 5.74) is 1.47. The van der Waals surface area contributed by atoms with Gasteiger partial charge in [-0.2, -0.15) is 0 Å². The standard InChI is InChI=1S/C24H23N5O3/c1-3-29(15-21-26-18-11-5-4-9-16(18)23(30)28-21)24(31)17-10-8-14-25-22(17)27-19-12-6-7-13-20(19)32-2/h4-14H,3,15H2,1-2H3,(H,25,27)(H,26,28,30). The molecule has 0 aliphatic carbocycles.